The minimum Gasteiger partial charge on any atom is -0.494 e. The molecule has 0 bridgehead atoms. The molecule has 2 aromatic rings. The fraction of sp³-hybridized carbons (Fsp3) is 0.429. The molecular weight excluding hydrogens is 294 g/mol. The van der Waals surface area contributed by atoms with Crippen LogP contribution in [0.2, 0.25) is 0 Å². The van der Waals surface area contributed by atoms with Gasteiger partial charge in [0.1, 0.15) is 5.75 Å². The lowest BCUT2D eigenvalue weighted by atomic mass is 10.2. The highest BCUT2D eigenvalue weighted by atomic mass is 35.5. The van der Waals surface area contributed by atoms with Crippen LogP contribution in [0, 0.1) is 0 Å². The topological polar surface area (TPSA) is 69.4 Å². The molecule has 1 aliphatic rings. The van der Waals surface area contributed by atoms with Crippen LogP contribution in [0.5, 0.6) is 5.75 Å². The molecule has 0 spiro atoms. The quantitative estimate of drug-likeness (QED) is 0.933. The second kappa shape index (κ2) is 7.40. The molecule has 1 aromatic carbocycles. The Morgan fingerprint density at radius 3 is 2.81 bits per heavy atom. The number of aromatic nitrogens is 2. The van der Waals surface area contributed by atoms with Crippen LogP contribution in [-0.2, 0) is 4.74 Å². The Labute approximate surface area is 129 Å². The Bertz CT molecular complexity index is 553. The highest BCUT2D eigenvalue weighted by Crippen LogP contribution is 2.22. The van der Waals surface area contributed by atoms with E-state index in [0.29, 0.717) is 24.9 Å². The van der Waals surface area contributed by atoms with Gasteiger partial charge in [0.25, 0.3) is 5.89 Å². The lowest BCUT2D eigenvalue weighted by Gasteiger charge is -2.20. The van der Waals surface area contributed by atoms with Crippen molar-refractivity contribution in [3.05, 3.63) is 30.1 Å². The van der Waals surface area contributed by atoms with Gasteiger partial charge < -0.3 is 19.3 Å². The molecule has 3 rings (SSSR count). The number of halogens is 1. The van der Waals surface area contributed by atoms with Crippen LogP contribution in [0.25, 0.3) is 11.5 Å². The van der Waals surface area contributed by atoms with Gasteiger partial charge in [0, 0.05) is 12.1 Å². The van der Waals surface area contributed by atoms with E-state index in [1.54, 1.807) is 0 Å². The molecule has 7 heteroatoms. The zero-order valence-corrected chi connectivity index (χ0v) is 12.6. The van der Waals surface area contributed by atoms with E-state index < -0.39 is 0 Å². The van der Waals surface area contributed by atoms with E-state index in [4.69, 9.17) is 14.0 Å². The third-order valence-electron chi connectivity index (χ3n) is 3.09. The molecule has 114 valence electrons. The second-order valence-corrected chi connectivity index (χ2v) is 4.50. The van der Waals surface area contributed by atoms with Crippen molar-refractivity contribution in [1.29, 1.82) is 0 Å². The highest BCUT2D eigenvalue weighted by molar-refractivity contribution is 5.85. The van der Waals surface area contributed by atoms with E-state index in [1.807, 2.05) is 31.2 Å². The van der Waals surface area contributed by atoms with E-state index in [0.717, 1.165) is 24.5 Å². The van der Waals surface area contributed by atoms with Crippen LogP contribution >= 0.6 is 12.4 Å². The molecule has 1 unspecified atom stereocenters. The van der Waals surface area contributed by atoms with Crippen LogP contribution in [0.3, 0.4) is 0 Å². The van der Waals surface area contributed by atoms with Crippen molar-refractivity contribution >= 4 is 12.4 Å². The first kappa shape index (κ1) is 15.8. The summed E-state index contributed by atoms with van der Waals surface area (Å²) in [5.41, 5.74) is 0.879. The second-order valence-electron chi connectivity index (χ2n) is 4.50. The van der Waals surface area contributed by atoms with Crippen molar-refractivity contribution in [2.24, 2.45) is 0 Å². The number of nitrogens with one attached hydrogen (secondary N) is 1. The van der Waals surface area contributed by atoms with Crippen molar-refractivity contribution < 1.29 is 14.0 Å². The zero-order valence-electron chi connectivity index (χ0n) is 11.7. The minimum atomic E-state index is 0. The molecule has 1 saturated heterocycles. The third kappa shape index (κ3) is 3.72. The summed E-state index contributed by atoms with van der Waals surface area (Å²) >= 11 is 0. The molecule has 2 heterocycles. The fourth-order valence-corrected chi connectivity index (χ4v) is 2.09. The standard InChI is InChI=1S/C14H17N3O3.ClH/c1-2-19-11-5-3-10(4-6-11)14-16-13(17-20-14)12-9-18-8-7-15-12;/h3-6,12,15H,2,7-9H2,1H3;1H. The maximum absolute atomic E-state index is 5.40. The SMILES string of the molecule is CCOc1ccc(-c2nc(C3COCCN3)no2)cc1.Cl. The molecule has 1 aromatic heterocycles. The smallest absolute Gasteiger partial charge is 0.257 e. The zero-order chi connectivity index (χ0) is 13.8. The van der Waals surface area contributed by atoms with Gasteiger partial charge in [-0.25, -0.2) is 0 Å². The van der Waals surface area contributed by atoms with Gasteiger partial charge in [0.05, 0.1) is 25.9 Å². The minimum absolute atomic E-state index is 0. The molecule has 0 saturated carbocycles. The molecule has 0 radical (unpaired) electrons. The van der Waals surface area contributed by atoms with E-state index >= 15 is 0 Å². The van der Waals surface area contributed by atoms with E-state index in [1.165, 1.54) is 0 Å². The first-order chi connectivity index (χ1) is 9.86. The highest BCUT2D eigenvalue weighted by Gasteiger charge is 2.21. The van der Waals surface area contributed by atoms with Crippen molar-refractivity contribution in [2.75, 3.05) is 26.4 Å². The predicted molar refractivity (Wildman–Crippen MR) is 79.7 cm³/mol. The van der Waals surface area contributed by atoms with Crippen molar-refractivity contribution in [3.63, 3.8) is 0 Å². The van der Waals surface area contributed by atoms with Gasteiger partial charge in [0.15, 0.2) is 5.82 Å². The molecule has 6 nitrogen and oxygen atoms in total. The van der Waals surface area contributed by atoms with Crippen LogP contribution in [0.1, 0.15) is 18.8 Å². The Hall–Kier alpha value is -1.63. The molecule has 1 aliphatic heterocycles. The summed E-state index contributed by atoms with van der Waals surface area (Å²) in [6.45, 7) is 4.70. The number of rotatable bonds is 4. The Morgan fingerprint density at radius 1 is 1.33 bits per heavy atom. The molecule has 0 aliphatic carbocycles. The molecule has 1 atom stereocenters. The molecular formula is C14H18ClN3O3. The summed E-state index contributed by atoms with van der Waals surface area (Å²) in [5, 5.41) is 7.31. The lowest BCUT2D eigenvalue weighted by Crippen LogP contribution is -2.35. The first-order valence-electron chi connectivity index (χ1n) is 6.75. The molecule has 1 N–H and O–H groups in total. The van der Waals surface area contributed by atoms with E-state index in [2.05, 4.69) is 15.5 Å². The Kier molecular flexibility index (Phi) is 5.55. The van der Waals surface area contributed by atoms with Gasteiger partial charge in [0.2, 0.25) is 0 Å². The van der Waals surface area contributed by atoms with Gasteiger partial charge >= 0.3 is 0 Å². The third-order valence-corrected chi connectivity index (χ3v) is 3.09. The summed E-state index contributed by atoms with van der Waals surface area (Å²) in [6, 6.07) is 7.61. The normalized spacial score (nSPS) is 18.0. The van der Waals surface area contributed by atoms with Crippen LogP contribution in [-0.4, -0.2) is 36.5 Å². The Morgan fingerprint density at radius 2 is 2.14 bits per heavy atom. The number of morpholine rings is 1. The lowest BCUT2D eigenvalue weighted by molar-refractivity contribution is 0.0734. The largest absolute Gasteiger partial charge is 0.494 e. The number of nitrogens with zero attached hydrogens (tertiary/aromatic N) is 2. The number of hydrogen-bond acceptors (Lipinski definition) is 6. The van der Waals surface area contributed by atoms with Gasteiger partial charge in [-0.15, -0.1) is 12.4 Å². The first-order valence-corrected chi connectivity index (χ1v) is 6.75. The van der Waals surface area contributed by atoms with Crippen molar-refractivity contribution in [2.45, 2.75) is 13.0 Å². The van der Waals surface area contributed by atoms with Crippen LogP contribution in [0.15, 0.2) is 28.8 Å². The molecule has 1 fully saturated rings. The van der Waals surface area contributed by atoms with E-state index in [9.17, 15) is 0 Å². The monoisotopic (exact) mass is 311 g/mol. The summed E-state index contributed by atoms with van der Waals surface area (Å²) < 4.78 is 16.1. The average molecular weight is 312 g/mol. The summed E-state index contributed by atoms with van der Waals surface area (Å²) in [6.07, 6.45) is 0. The van der Waals surface area contributed by atoms with Gasteiger partial charge in [-0.05, 0) is 31.2 Å². The van der Waals surface area contributed by atoms with Gasteiger partial charge in [-0.1, -0.05) is 5.16 Å². The maximum atomic E-state index is 5.40. The summed E-state index contributed by atoms with van der Waals surface area (Å²) in [4.78, 5) is 4.42. The average Bonchev–Trinajstić information content (AvgIpc) is 2.99. The number of hydrogen-bond donors (Lipinski definition) is 1. The molecule has 21 heavy (non-hydrogen) atoms. The number of ether oxygens (including phenoxy) is 2. The van der Waals surface area contributed by atoms with Gasteiger partial charge in [-0.2, -0.15) is 4.98 Å². The van der Waals surface area contributed by atoms with Crippen LogP contribution in [0.4, 0.5) is 0 Å². The van der Waals surface area contributed by atoms with Crippen LogP contribution < -0.4 is 10.1 Å². The summed E-state index contributed by atoms with van der Waals surface area (Å²) in [5.74, 6) is 1.97. The Balaban J connectivity index is 0.00000161. The van der Waals surface area contributed by atoms with Crippen molar-refractivity contribution in [3.8, 4) is 17.2 Å². The van der Waals surface area contributed by atoms with Crippen molar-refractivity contribution in [1.82, 2.24) is 15.5 Å². The molecule has 0 amide bonds. The fourth-order valence-electron chi connectivity index (χ4n) is 2.09. The summed E-state index contributed by atoms with van der Waals surface area (Å²) in [7, 11) is 0. The van der Waals surface area contributed by atoms with E-state index in [-0.39, 0.29) is 18.4 Å². The predicted octanol–water partition coefficient (Wildman–Crippen LogP) is 2.22. The maximum Gasteiger partial charge on any atom is 0.257 e. The number of benzene rings is 1. The van der Waals surface area contributed by atoms with Gasteiger partial charge in [-0.3, -0.25) is 0 Å².